The summed E-state index contributed by atoms with van der Waals surface area (Å²) < 4.78 is 14.0. The van der Waals surface area contributed by atoms with Gasteiger partial charge in [0.25, 0.3) is 5.91 Å². The molecule has 7 heteroatoms. The third kappa shape index (κ3) is 6.13. The van der Waals surface area contributed by atoms with Crippen LogP contribution in [0.2, 0.25) is 0 Å². The van der Waals surface area contributed by atoms with Crippen molar-refractivity contribution >= 4 is 17.4 Å². The van der Waals surface area contributed by atoms with Crippen LogP contribution < -0.4 is 10.8 Å². The predicted octanol–water partition coefficient (Wildman–Crippen LogP) is 3.26. The number of carbonyl (C=O) groups excluding carboxylic acids is 1. The number of hydroxylamine groups is 1. The summed E-state index contributed by atoms with van der Waals surface area (Å²) in [5, 5.41) is 11.5. The first-order valence-corrected chi connectivity index (χ1v) is 8.05. The number of aromatic nitrogens is 1. The molecule has 0 atom stereocenters. The number of aliphatic hydroxyl groups excluding tert-OH is 1. The summed E-state index contributed by atoms with van der Waals surface area (Å²) in [5.74, 6) is -0.755. The summed E-state index contributed by atoms with van der Waals surface area (Å²) >= 11 is 0. The molecule has 3 N–H and O–H groups in total. The van der Waals surface area contributed by atoms with Gasteiger partial charge in [0.1, 0.15) is 11.6 Å². The molecule has 0 aliphatic carbocycles. The Morgan fingerprint density at radius 1 is 1.24 bits per heavy atom. The van der Waals surface area contributed by atoms with Crippen molar-refractivity contribution in [3.8, 4) is 0 Å². The van der Waals surface area contributed by atoms with Crippen LogP contribution in [0.5, 0.6) is 0 Å². The third-order valence-corrected chi connectivity index (χ3v) is 3.01. The molecule has 2 rings (SSSR count). The lowest BCUT2D eigenvalue weighted by molar-refractivity contribution is 0.0168. The van der Waals surface area contributed by atoms with Crippen LogP contribution in [0.4, 0.5) is 15.9 Å². The number of nitrogens with zero attached hydrogens (tertiary/aromatic N) is 1. The zero-order chi connectivity index (χ0) is 18.8. The normalized spacial score (nSPS) is 9.84. The highest BCUT2D eigenvalue weighted by Crippen LogP contribution is 2.22. The number of carbonyl (C=O) groups is 1. The highest BCUT2D eigenvalue weighted by molar-refractivity contribution is 5.98. The molecular formula is C18H24FN3O3. The van der Waals surface area contributed by atoms with Crippen molar-refractivity contribution in [2.24, 2.45) is 0 Å². The van der Waals surface area contributed by atoms with Gasteiger partial charge in [0.05, 0.1) is 24.5 Å². The van der Waals surface area contributed by atoms with Crippen molar-refractivity contribution in [2.45, 2.75) is 27.7 Å². The summed E-state index contributed by atoms with van der Waals surface area (Å²) in [6, 6.07) is 7.96. The van der Waals surface area contributed by atoms with Crippen LogP contribution in [0.25, 0.3) is 0 Å². The molecule has 0 radical (unpaired) electrons. The summed E-state index contributed by atoms with van der Waals surface area (Å²) in [5.41, 5.74) is 4.09. The first kappa shape index (κ1) is 20.5. The molecule has 1 aromatic carbocycles. The monoisotopic (exact) mass is 349 g/mol. The molecule has 0 bridgehead atoms. The van der Waals surface area contributed by atoms with Crippen LogP contribution in [-0.2, 0) is 4.84 Å². The number of pyridine rings is 1. The zero-order valence-electron chi connectivity index (χ0n) is 14.9. The van der Waals surface area contributed by atoms with Gasteiger partial charge in [0.15, 0.2) is 0 Å². The Labute approximate surface area is 147 Å². The molecule has 0 aliphatic rings. The largest absolute Gasteiger partial charge is 0.394 e. The quantitative estimate of drug-likeness (QED) is 0.551. The van der Waals surface area contributed by atoms with Gasteiger partial charge in [-0.1, -0.05) is 19.9 Å². The van der Waals surface area contributed by atoms with E-state index in [4.69, 9.17) is 9.94 Å². The van der Waals surface area contributed by atoms with E-state index in [0.29, 0.717) is 5.69 Å². The van der Waals surface area contributed by atoms with Gasteiger partial charge >= 0.3 is 0 Å². The van der Waals surface area contributed by atoms with Gasteiger partial charge in [-0.25, -0.2) is 14.9 Å². The average molecular weight is 349 g/mol. The second-order valence-electron chi connectivity index (χ2n) is 4.96. The first-order chi connectivity index (χ1) is 12.0. The first-order valence-electron chi connectivity index (χ1n) is 8.05. The number of aryl methyl sites for hydroxylation is 2. The second kappa shape index (κ2) is 10.4. The number of hydrogen-bond donors (Lipinski definition) is 3. The fraction of sp³-hybridized carbons (Fsp3) is 0.333. The maximum atomic E-state index is 14.0. The second-order valence-corrected chi connectivity index (χ2v) is 4.96. The van der Waals surface area contributed by atoms with Crippen LogP contribution in [-0.4, -0.2) is 29.2 Å². The van der Waals surface area contributed by atoms with E-state index < -0.39 is 11.7 Å². The van der Waals surface area contributed by atoms with Crippen molar-refractivity contribution in [2.75, 3.05) is 18.5 Å². The molecular weight excluding hydrogens is 325 g/mol. The maximum absolute atomic E-state index is 14.0. The van der Waals surface area contributed by atoms with Crippen molar-refractivity contribution in [3.63, 3.8) is 0 Å². The molecule has 0 aliphatic heterocycles. The maximum Gasteiger partial charge on any atom is 0.278 e. The molecule has 25 heavy (non-hydrogen) atoms. The highest BCUT2D eigenvalue weighted by Gasteiger charge is 2.15. The van der Waals surface area contributed by atoms with E-state index in [1.54, 1.807) is 38.1 Å². The summed E-state index contributed by atoms with van der Waals surface area (Å²) in [4.78, 5) is 21.1. The molecule has 1 amide bonds. The smallest absolute Gasteiger partial charge is 0.278 e. The van der Waals surface area contributed by atoms with Crippen molar-refractivity contribution < 1.29 is 19.1 Å². The zero-order valence-corrected chi connectivity index (χ0v) is 14.9. The van der Waals surface area contributed by atoms with Crippen LogP contribution in [0.15, 0.2) is 30.3 Å². The lowest BCUT2D eigenvalue weighted by atomic mass is 10.2. The lowest BCUT2D eigenvalue weighted by Crippen LogP contribution is -2.26. The van der Waals surface area contributed by atoms with Crippen molar-refractivity contribution in [1.29, 1.82) is 0 Å². The summed E-state index contributed by atoms with van der Waals surface area (Å²) in [6.45, 7) is 7.31. The number of rotatable bonds is 6. The Kier molecular flexibility index (Phi) is 8.52. The Morgan fingerprint density at radius 2 is 1.96 bits per heavy atom. The Bertz CT molecular complexity index is 708. The van der Waals surface area contributed by atoms with Gasteiger partial charge in [-0.15, -0.1) is 0 Å². The summed E-state index contributed by atoms with van der Waals surface area (Å²) in [7, 11) is 0. The predicted molar refractivity (Wildman–Crippen MR) is 95.2 cm³/mol. The number of aliphatic hydroxyl groups is 1. The molecule has 0 unspecified atom stereocenters. The number of nitrogens with one attached hydrogen (secondary N) is 2. The molecule has 1 aromatic heterocycles. The average Bonchev–Trinajstić information content (AvgIpc) is 2.59. The summed E-state index contributed by atoms with van der Waals surface area (Å²) in [6.07, 6.45) is 0. The van der Waals surface area contributed by atoms with Gasteiger partial charge in [0, 0.05) is 5.69 Å². The fourth-order valence-electron chi connectivity index (χ4n) is 1.90. The molecule has 0 spiro atoms. The van der Waals surface area contributed by atoms with Crippen LogP contribution in [0.1, 0.15) is 35.5 Å². The van der Waals surface area contributed by atoms with E-state index in [2.05, 4.69) is 15.8 Å². The number of hydrogen-bond acceptors (Lipinski definition) is 5. The Morgan fingerprint density at radius 3 is 2.60 bits per heavy atom. The topological polar surface area (TPSA) is 83.5 Å². The standard InChI is InChI=1S/C16H18FN3O3.C2H6/c1-10-3-6-14(13(17)9-10)19-15-12(5-4-11(2)18-15)16(22)20-23-8-7-21;1-2/h3-6,9,21H,7-8H2,1-2H3,(H,18,19)(H,20,22);1-2H3. The van der Waals surface area contributed by atoms with E-state index in [9.17, 15) is 9.18 Å². The number of anilines is 2. The van der Waals surface area contributed by atoms with E-state index in [1.165, 1.54) is 6.07 Å². The number of benzene rings is 1. The molecule has 136 valence electrons. The molecule has 6 nitrogen and oxygen atoms in total. The molecule has 1 heterocycles. The van der Waals surface area contributed by atoms with E-state index in [-0.39, 0.29) is 30.3 Å². The molecule has 0 fully saturated rings. The van der Waals surface area contributed by atoms with E-state index in [0.717, 1.165) is 5.56 Å². The van der Waals surface area contributed by atoms with E-state index >= 15 is 0 Å². The van der Waals surface area contributed by atoms with Gasteiger partial charge in [-0.3, -0.25) is 9.63 Å². The number of halogens is 1. The van der Waals surface area contributed by atoms with Crippen LogP contribution in [0, 0.1) is 19.7 Å². The van der Waals surface area contributed by atoms with Crippen molar-refractivity contribution in [1.82, 2.24) is 10.5 Å². The van der Waals surface area contributed by atoms with Gasteiger partial charge in [0.2, 0.25) is 0 Å². The lowest BCUT2D eigenvalue weighted by Gasteiger charge is -2.13. The minimum atomic E-state index is -0.541. The minimum absolute atomic E-state index is 0.0274. The fourth-order valence-corrected chi connectivity index (χ4v) is 1.90. The van der Waals surface area contributed by atoms with Gasteiger partial charge < -0.3 is 10.4 Å². The SMILES string of the molecule is CC.Cc1ccc(Nc2nc(C)ccc2C(=O)NOCCO)c(F)c1. The Hall–Kier alpha value is -2.51. The molecule has 0 saturated heterocycles. The number of amides is 1. The van der Waals surface area contributed by atoms with Crippen molar-refractivity contribution in [3.05, 3.63) is 53.0 Å². The highest BCUT2D eigenvalue weighted by atomic mass is 19.1. The molecule has 0 saturated carbocycles. The minimum Gasteiger partial charge on any atom is -0.394 e. The van der Waals surface area contributed by atoms with Crippen LogP contribution >= 0.6 is 0 Å². The molecule has 2 aromatic rings. The van der Waals surface area contributed by atoms with Crippen LogP contribution in [0.3, 0.4) is 0 Å². The van der Waals surface area contributed by atoms with Gasteiger partial charge in [-0.2, -0.15) is 0 Å². The van der Waals surface area contributed by atoms with E-state index in [1.807, 2.05) is 13.8 Å². The third-order valence-electron chi connectivity index (χ3n) is 3.01. The Balaban J connectivity index is 0.00000151. The van der Waals surface area contributed by atoms with Gasteiger partial charge in [-0.05, 0) is 43.7 Å².